The lowest BCUT2D eigenvalue weighted by atomic mass is 10.1. The molecule has 100 valence electrons. The monoisotopic (exact) mass is 327 g/mol. The first kappa shape index (κ1) is 13.4. The Hall–Kier alpha value is -2.02. The number of carbonyl (C=O) groups excluding carboxylic acids is 1. The number of hydrogen-bond acceptors (Lipinski definition) is 4. The Morgan fingerprint density at radius 3 is 2.58 bits per heavy atom. The van der Waals surface area contributed by atoms with Gasteiger partial charge in [-0.05, 0) is 23.8 Å². The summed E-state index contributed by atoms with van der Waals surface area (Å²) in [5.74, 6) is -0.562. The topological polar surface area (TPSA) is 84.9 Å². The number of fused-ring (bicyclic) bond motifs is 1. The summed E-state index contributed by atoms with van der Waals surface area (Å²) < 4.78 is 11.0. The molecule has 19 heavy (non-hydrogen) atoms. The van der Waals surface area contributed by atoms with Crippen LogP contribution in [0.15, 0.2) is 22.3 Å². The van der Waals surface area contributed by atoms with E-state index in [0.717, 1.165) is 0 Å². The first-order valence-corrected chi connectivity index (χ1v) is 6.08. The molecule has 7 heteroatoms. The fraction of sp³-hybridized carbons (Fsp3) is 0.167. The summed E-state index contributed by atoms with van der Waals surface area (Å²) in [5.41, 5.74) is 0.350. The van der Waals surface area contributed by atoms with Gasteiger partial charge in [-0.15, -0.1) is 0 Å². The molecule has 6 nitrogen and oxygen atoms in total. The van der Waals surface area contributed by atoms with Gasteiger partial charge in [0, 0.05) is 11.4 Å². The molecule has 0 unspecified atom stereocenters. The minimum Gasteiger partial charge on any atom is -0.477 e. The zero-order valence-corrected chi connectivity index (χ0v) is 11.5. The van der Waals surface area contributed by atoms with E-state index in [1.54, 1.807) is 12.1 Å². The van der Waals surface area contributed by atoms with Crippen LogP contribution in [0.5, 0.6) is 11.5 Å². The highest BCUT2D eigenvalue weighted by Gasteiger charge is 2.17. The number of carbonyl (C=O) groups is 2. The van der Waals surface area contributed by atoms with Crippen molar-refractivity contribution in [3.8, 4) is 11.5 Å². The molecule has 1 aliphatic rings. The molecular formula is C12H10BrNO5. The Kier molecular flexibility index (Phi) is 3.75. The molecular weight excluding hydrogens is 318 g/mol. The van der Waals surface area contributed by atoms with Gasteiger partial charge in [0.15, 0.2) is 11.5 Å². The maximum Gasteiger partial charge on any atom is 0.352 e. The van der Waals surface area contributed by atoms with Crippen molar-refractivity contribution in [1.82, 2.24) is 5.32 Å². The standard InChI is InChI=1S/C12H10BrNO5/c1-6(15)14-9(12(16)17)2-7-3-10-11(4-8(7)13)19-5-18-10/h2-4H,5H2,1H3,(H,14,15)(H,16,17). The van der Waals surface area contributed by atoms with Gasteiger partial charge in [-0.1, -0.05) is 15.9 Å². The van der Waals surface area contributed by atoms with Crippen LogP contribution in [0.3, 0.4) is 0 Å². The fourth-order valence-corrected chi connectivity index (χ4v) is 1.98. The van der Waals surface area contributed by atoms with E-state index in [9.17, 15) is 9.59 Å². The van der Waals surface area contributed by atoms with Gasteiger partial charge in [-0.25, -0.2) is 4.79 Å². The van der Waals surface area contributed by atoms with Crippen LogP contribution in [0, 0.1) is 0 Å². The maximum atomic E-state index is 11.0. The predicted molar refractivity (Wildman–Crippen MR) is 69.7 cm³/mol. The number of carboxylic acid groups (broad SMARTS) is 1. The van der Waals surface area contributed by atoms with Crippen LogP contribution in [0.2, 0.25) is 0 Å². The molecule has 0 saturated heterocycles. The van der Waals surface area contributed by atoms with Gasteiger partial charge in [0.2, 0.25) is 12.7 Å². The second-order valence-corrected chi connectivity index (χ2v) is 4.63. The first-order valence-electron chi connectivity index (χ1n) is 5.29. The van der Waals surface area contributed by atoms with Gasteiger partial charge < -0.3 is 19.9 Å². The summed E-state index contributed by atoms with van der Waals surface area (Å²) in [6.07, 6.45) is 1.34. The minimum absolute atomic E-state index is 0.131. The van der Waals surface area contributed by atoms with Crippen molar-refractivity contribution in [3.63, 3.8) is 0 Å². The third-order valence-electron chi connectivity index (χ3n) is 2.33. The van der Waals surface area contributed by atoms with E-state index < -0.39 is 11.9 Å². The van der Waals surface area contributed by atoms with Gasteiger partial charge in [0.1, 0.15) is 5.70 Å². The summed E-state index contributed by atoms with van der Waals surface area (Å²) in [6.45, 7) is 1.37. The third kappa shape index (κ3) is 3.05. The second kappa shape index (κ2) is 5.31. The molecule has 1 aliphatic heterocycles. The van der Waals surface area contributed by atoms with E-state index >= 15 is 0 Å². The number of aliphatic carboxylic acids is 1. The van der Waals surface area contributed by atoms with Gasteiger partial charge in [0.05, 0.1) is 0 Å². The highest BCUT2D eigenvalue weighted by molar-refractivity contribution is 9.10. The van der Waals surface area contributed by atoms with Crippen molar-refractivity contribution in [1.29, 1.82) is 0 Å². The third-order valence-corrected chi connectivity index (χ3v) is 3.02. The van der Waals surface area contributed by atoms with Crippen LogP contribution < -0.4 is 14.8 Å². The number of halogens is 1. The molecule has 0 aromatic heterocycles. The summed E-state index contributed by atoms with van der Waals surface area (Å²) in [4.78, 5) is 22.0. The lowest BCUT2D eigenvalue weighted by Crippen LogP contribution is -2.24. The zero-order valence-electron chi connectivity index (χ0n) is 9.90. The van der Waals surface area contributed by atoms with Gasteiger partial charge in [-0.2, -0.15) is 0 Å². The summed E-state index contributed by atoms with van der Waals surface area (Å²) in [6, 6.07) is 3.32. The molecule has 1 aromatic carbocycles. The van der Waals surface area contributed by atoms with Crippen LogP contribution in [-0.4, -0.2) is 23.8 Å². The lowest BCUT2D eigenvalue weighted by Gasteiger charge is -2.05. The van der Waals surface area contributed by atoms with Crippen molar-refractivity contribution < 1.29 is 24.2 Å². The van der Waals surface area contributed by atoms with Crippen molar-refractivity contribution in [2.75, 3.05) is 6.79 Å². The maximum absolute atomic E-state index is 11.0. The molecule has 1 heterocycles. The Morgan fingerprint density at radius 1 is 1.37 bits per heavy atom. The summed E-state index contributed by atoms with van der Waals surface area (Å²) >= 11 is 3.31. The molecule has 1 amide bonds. The normalized spacial score (nSPS) is 13.3. The van der Waals surface area contributed by atoms with Crippen LogP contribution in [0.25, 0.3) is 6.08 Å². The number of nitrogens with one attached hydrogen (secondary N) is 1. The van der Waals surface area contributed by atoms with E-state index in [-0.39, 0.29) is 12.5 Å². The molecule has 0 fully saturated rings. The molecule has 0 radical (unpaired) electrons. The molecule has 0 atom stereocenters. The average molecular weight is 328 g/mol. The number of hydrogen-bond donors (Lipinski definition) is 2. The van der Waals surface area contributed by atoms with Crippen LogP contribution in [-0.2, 0) is 9.59 Å². The number of ether oxygens (including phenoxy) is 2. The van der Waals surface area contributed by atoms with E-state index in [1.165, 1.54) is 13.0 Å². The number of amides is 1. The molecule has 0 saturated carbocycles. The van der Waals surface area contributed by atoms with Crippen molar-refractivity contribution in [2.45, 2.75) is 6.92 Å². The Balaban J connectivity index is 2.40. The molecule has 0 spiro atoms. The molecule has 2 N–H and O–H groups in total. The summed E-state index contributed by atoms with van der Waals surface area (Å²) in [7, 11) is 0. The quantitative estimate of drug-likeness (QED) is 0.826. The van der Waals surface area contributed by atoms with Crippen molar-refractivity contribution >= 4 is 33.9 Å². The smallest absolute Gasteiger partial charge is 0.352 e. The fourth-order valence-electron chi connectivity index (χ4n) is 1.54. The van der Waals surface area contributed by atoms with Crippen LogP contribution in [0.1, 0.15) is 12.5 Å². The number of rotatable bonds is 3. The predicted octanol–water partition coefficient (Wildman–Crippen LogP) is 1.74. The highest BCUT2D eigenvalue weighted by atomic mass is 79.9. The molecule has 0 bridgehead atoms. The molecule has 1 aromatic rings. The van der Waals surface area contributed by atoms with Gasteiger partial charge in [0.25, 0.3) is 0 Å². The van der Waals surface area contributed by atoms with Gasteiger partial charge in [-0.3, -0.25) is 4.79 Å². The zero-order chi connectivity index (χ0) is 14.0. The van der Waals surface area contributed by atoms with E-state index in [2.05, 4.69) is 21.2 Å². The number of benzene rings is 1. The SMILES string of the molecule is CC(=O)NC(=Cc1cc2c(cc1Br)OCO2)C(=O)O. The average Bonchev–Trinajstić information content (AvgIpc) is 2.74. The Morgan fingerprint density at radius 2 is 2.00 bits per heavy atom. The van der Waals surface area contributed by atoms with E-state index in [0.29, 0.717) is 21.5 Å². The van der Waals surface area contributed by atoms with E-state index in [1.807, 2.05) is 0 Å². The van der Waals surface area contributed by atoms with Crippen LogP contribution >= 0.6 is 15.9 Å². The van der Waals surface area contributed by atoms with E-state index in [4.69, 9.17) is 14.6 Å². The first-order chi connectivity index (χ1) is 8.97. The lowest BCUT2D eigenvalue weighted by molar-refractivity contribution is -0.134. The minimum atomic E-state index is -1.22. The number of carboxylic acids is 1. The Labute approximate surface area is 117 Å². The van der Waals surface area contributed by atoms with Crippen molar-refractivity contribution in [3.05, 3.63) is 27.9 Å². The molecule has 2 rings (SSSR count). The van der Waals surface area contributed by atoms with Gasteiger partial charge >= 0.3 is 5.97 Å². The highest BCUT2D eigenvalue weighted by Crippen LogP contribution is 2.37. The summed E-state index contributed by atoms with van der Waals surface area (Å²) in [5, 5.41) is 11.3. The van der Waals surface area contributed by atoms with Crippen molar-refractivity contribution in [2.24, 2.45) is 0 Å². The Bertz CT molecular complexity index is 582. The largest absolute Gasteiger partial charge is 0.477 e. The molecule has 0 aliphatic carbocycles. The van der Waals surface area contributed by atoms with Crippen LogP contribution in [0.4, 0.5) is 0 Å². The second-order valence-electron chi connectivity index (χ2n) is 3.77.